The van der Waals surface area contributed by atoms with Gasteiger partial charge in [-0.3, -0.25) is 4.98 Å². The summed E-state index contributed by atoms with van der Waals surface area (Å²) in [5.41, 5.74) is 10.0. The van der Waals surface area contributed by atoms with Gasteiger partial charge in [0.25, 0.3) is 0 Å². The van der Waals surface area contributed by atoms with Crippen LogP contribution in [0.2, 0.25) is 0 Å². The molecular weight excluding hydrogens is 271 g/mol. The predicted octanol–water partition coefficient (Wildman–Crippen LogP) is 4.51. The van der Waals surface area contributed by atoms with Gasteiger partial charge in [0.2, 0.25) is 0 Å². The number of halogens is 1. The number of aromatic nitrogens is 1. The molecule has 1 aromatic carbocycles. The van der Waals surface area contributed by atoms with Gasteiger partial charge in [0, 0.05) is 16.6 Å². The number of nitrogen functional groups attached to an aromatic ring is 1. The molecule has 4 heteroatoms. The zero-order chi connectivity index (χ0) is 14.1. The Kier molecular flexibility index (Phi) is 3.24. The first kappa shape index (κ1) is 12.8. The Labute approximate surface area is 120 Å². The maximum absolute atomic E-state index is 13.0. The zero-order valence-corrected chi connectivity index (χ0v) is 11.7. The second-order valence-electron chi connectivity index (χ2n) is 4.52. The van der Waals surface area contributed by atoms with Crippen LogP contribution in [0.1, 0.15) is 5.56 Å². The average Bonchev–Trinajstić information content (AvgIpc) is 2.76. The minimum atomic E-state index is -0.235. The Balaban J connectivity index is 2.14. The van der Waals surface area contributed by atoms with Crippen LogP contribution in [0, 0.1) is 12.7 Å². The third kappa shape index (κ3) is 2.18. The molecule has 0 fully saturated rings. The van der Waals surface area contributed by atoms with E-state index in [1.807, 2.05) is 25.1 Å². The van der Waals surface area contributed by atoms with Gasteiger partial charge in [-0.15, -0.1) is 11.3 Å². The van der Waals surface area contributed by atoms with Crippen molar-refractivity contribution in [2.24, 2.45) is 0 Å². The molecule has 2 nitrogen and oxygen atoms in total. The van der Waals surface area contributed by atoms with E-state index >= 15 is 0 Å². The van der Waals surface area contributed by atoms with E-state index in [0.717, 1.165) is 32.3 Å². The highest BCUT2D eigenvalue weighted by atomic mass is 32.1. The van der Waals surface area contributed by atoms with Crippen LogP contribution >= 0.6 is 11.3 Å². The molecule has 0 aliphatic rings. The molecule has 0 aliphatic carbocycles. The van der Waals surface area contributed by atoms with Crippen molar-refractivity contribution < 1.29 is 4.39 Å². The van der Waals surface area contributed by atoms with E-state index < -0.39 is 0 Å². The van der Waals surface area contributed by atoms with Gasteiger partial charge in [0.1, 0.15) is 5.82 Å². The molecule has 0 saturated heterocycles. The Bertz CT molecular complexity index is 733. The second-order valence-corrected chi connectivity index (χ2v) is 5.57. The van der Waals surface area contributed by atoms with Crippen LogP contribution in [0.4, 0.5) is 9.39 Å². The zero-order valence-electron chi connectivity index (χ0n) is 10.9. The van der Waals surface area contributed by atoms with Gasteiger partial charge in [-0.2, -0.15) is 0 Å². The maximum Gasteiger partial charge on any atom is 0.123 e. The number of hydrogen-bond acceptors (Lipinski definition) is 3. The highest BCUT2D eigenvalue weighted by Gasteiger charge is 2.16. The van der Waals surface area contributed by atoms with Crippen molar-refractivity contribution in [3.05, 3.63) is 60.0 Å². The van der Waals surface area contributed by atoms with Crippen LogP contribution in [0.15, 0.2) is 48.7 Å². The van der Waals surface area contributed by atoms with E-state index in [4.69, 9.17) is 5.73 Å². The molecule has 0 aliphatic heterocycles. The molecule has 2 heterocycles. The van der Waals surface area contributed by atoms with Crippen molar-refractivity contribution in [1.29, 1.82) is 0 Å². The molecule has 0 amide bonds. The summed E-state index contributed by atoms with van der Waals surface area (Å²) in [5, 5.41) is 0.737. The number of benzene rings is 1. The number of hydrogen-bond donors (Lipinski definition) is 1. The van der Waals surface area contributed by atoms with Gasteiger partial charge < -0.3 is 5.73 Å². The predicted molar refractivity (Wildman–Crippen MR) is 82.1 cm³/mol. The average molecular weight is 284 g/mol. The summed E-state index contributed by atoms with van der Waals surface area (Å²) in [6, 6.07) is 12.2. The first-order valence-corrected chi connectivity index (χ1v) is 7.04. The molecule has 20 heavy (non-hydrogen) atoms. The van der Waals surface area contributed by atoms with Crippen LogP contribution in [-0.4, -0.2) is 4.98 Å². The summed E-state index contributed by atoms with van der Waals surface area (Å²) < 4.78 is 13.0. The van der Waals surface area contributed by atoms with Crippen molar-refractivity contribution in [2.45, 2.75) is 6.92 Å². The van der Waals surface area contributed by atoms with Gasteiger partial charge in [0.15, 0.2) is 0 Å². The van der Waals surface area contributed by atoms with Crippen LogP contribution in [0.3, 0.4) is 0 Å². The lowest BCUT2D eigenvalue weighted by Crippen LogP contribution is -1.88. The SMILES string of the molecule is Cc1c(-c2ccc(F)cc2)sc(N)c1-c1ccccn1. The first-order valence-electron chi connectivity index (χ1n) is 6.23. The van der Waals surface area contributed by atoms with E-state index in [9.17, 15) is 4.39 Å². The Morgan fingerprint density at radius 1 is 1.10 bits per heavy atom. The van der Waals surface area contributed by atoms with E-state index in [1.54, 1.807) is 18.3 Å². The fourth-order valence-electron chi connectivity index (χ4n) is 2.24. The molecule has 3 aromatic rings. The lowest BCUT2D eigenvalue weighted by atomic mass is 10.0. The molecule has 0 spiro atoms. The molecule has 0 unspecified atom stereocenters. The quantitative estimate of drug-likeness (QED) is 0.752. The van der Waals surface area contributed by atoms with E-state index in [0.29, 0.717) is 0 Å². The number of pyridine rings is 1. The number of thiophene rings is 1. The molecule has 0 bridgehead atoms. The largest absolute Gasteiger partial charge is 0.390 e. The summed E-state index contributed by atoms with van der Waals surface area (Å²) in [5.74, 6) is -0.235. The maximum atomic E-state index is 13.0. The fourth-order valence-corrected chi connectivity index (χ4v) is 3.33. The van der Waals surface area contributed by atoms with Crippen molar-refractivity contribution in [3.63, 3.8) is 0 Å². The van der Waals surface area contributed by atoms with Crippen LogP contribution in [0.25, 0.3) is 21.7 Å². The van der Waals surface area contributed by atoms with Crippen molar-refractivity contribution in [2.75, 3.05) is 5.73 Å². The van der Waals surface area contributed by atoms with Gasteiger partial charge >= 0.3 is 0 Å². The van der Waals surface area contributed by atoms with Gasteiger partial charge in [-0.25, -0.2) is 4.39 Å². The topological polar surface area (TPSA) is 38.9 Å². The molecule has 0 atom stereocenters. The normalized spacial score (nSPS) is 10.7. The monoisotopic (exact) mass is 284 g/mol. The minimum absolute atomic E-state index is 0.235. The van der Waals surface area contributed by atoms with E-state index in [-0.39, 0.29) is 5.82 Å². The summed E-state index contributed by atoms with van der Waals surface area (Å²) in [4.78, 5) is 5.42. The van der Waals surface area contributed by atoms with E-state index in [1.165, 1.54) is 23.5 Å². The molecule has 2 aromatic heterocycles. The first-order chi connectivity index (χ1) is 9.66. The summed E-state index contributed by atoms with van der Waals surface area (Å²) >= 11 is 1.51. The molecule has 0 radical (unpaired) electrons. The number of rotatable bonds is 2. The van der Waals surface area contributed by atoms with Gasteiger partial charge in [-0.1, -0.05) is 18.2 Å². The van der Waals surface area contributed by atoms with Crippen molar-refractivity contribution in [1.82, 2.24) is 4.98 Å². The highest BCUT2D eigenvalue weighted by molar-refractivity contribution is 7.20. The van der Waals surface area contributed by atoms with Crippen LogP contribution in [0.5, 0.6) is 0 Å². The number of anilines is 1. The Morgan fingerprint density at radius 3 is 2.50 bits per heavy atom. The standard InChI is InChI=1S/C16H13FN2S/c1-10-14(13-4-2-3-9-19-13)16(18)20-15(10)11-5-7-12(17)8-6-11/h2-9H,18H2,1H3. The molecule has 2 N–H and O–H groups in total. The number of nitrogens with two attached hydrogens (primary N) is 1. The van der Waals surface area contributed by atoms with Crippen LogP contribution in [-0.2, 0) is 0 Å². The third-order valence-electron chi connectivity index (χ3n) is 3.20. The van der Waals surface area contributed by atoms with Gasteiger partial charge in [0.05, 0.1) is 10.7 Å². The summed E-state index contributed by atoms with van der Waals surface area (Å²) in [7, 11) is 0. The lowest BCUT2D eigenvalue weighted by molar-refractivity contribution is 0.628. The third-order valence-corrected chi connectivity index (χ3v) is 4.37. The summed E-state index contributed by atoms with van der Waals surface area (Å²) in [6.07, 6.45) is 1.75. The molecule has 3 rings (SSSR count). The van der Waals surface area contributed by atoms with Crippen LogP contribution < -0.4 is 5.73 Å². The fraction of sp³-hybridized carbons (Fsp3) is 0.0625. The smallest absolute Gasteiger partial charge is 0.123 e. The summed E-state index contributed by atoms with van der Waals surface area (Å²) in [6.45, 7) is 2.02. The Morgan fingerprint density at radius 2 is 1.85 bits per heavy atom. The number of nitrogens with zero attached hydrogens (tertiary/aromatic N) is 1. The Hall–Kier alpha value is -2.20. The molecule has 0 saturated carbocycles. The molecular formula is C16H13FN2S. The van der Waals surface area contributed by atoms with Crippen molar-refractivity contribution >= 4 is 16.3 Å². The van der Waals surface area contributed by atoms with Crippen molar-refractivity contribution in [3.8, 4) is 21.7 Å². The second kappa shape index (κ2) is 5.06. The van der Waals surface area contributed by atoms with E-state index in [2.05, 4.69) is 4.98 Å². The minimum Gasteiger partial charge on any atom is -0.390 e. The lowest BCUT2D eigenvalue weighted by Gasteiger charge is -2.03. The van der Waals surface area contributed by atoms with Gasteiger partial charge in [-0.05, 0) is 42.3 Å². The molecule has 100 valence electrons. The highest BCUT2D eigenvalue weighted by Crippen LogP contribution is 2.42.